The van der Waals surface area contributed by atoms with Gasteiger partial charge in [0.1, 0.15) is 12.4 Å². The Labute approximate surface area is 167 Å². The number of allylic oxidation sites excluding steroid dienone is 5. The zero-order valence-electron chi connectivity index (χ0n) is 18.1. The Morgan fingerprint density at radius 2 is 1.89 bits per heavy atom. The van der Waals surface area contributed by atoms with E-state index in [4.69, 9.17) is 9.73 Å². The fourth-order valence-corrected chi connectivity index (χ4v) is 3.53. The first kappa shape index (κ1) is 23.4. The smallest absolute Gasteiger partial charge is 0.124 e. The molecule has 0 bridgehead atoms. The molecule has 1 heterocycles. The second kappa shape index (κ2) is 13.5. The predicted molar refractivity (Wildman–Crippen MR) is 119 cm³/mol. The minimum atomic E-state index is 0.187. The van der Waals surface area contributed by atoms with Crippen LogP contribution in [0, 0.1) is 0 Å². The van der Waals surface area contributed by atoms with Crippen LogP contribution in [0.5, 0.6) is 0 Å². The third-order valence-corrected chi connectivity index (χ3v) is 5.18. The average Bonchev–Trinajstić information content (AvgIpc) is 3.12. The van der Waals surface area contributed by atoms with Crippen molar-refractivity contribution in [2.75, 3.05) is 6.61 Å². The fraction of sp³-hybridized carbons (Fsp3) is 0.625. The van der Waals surface area contributed by atoms with Crippen LogP contribution in [0.4, 0.5) is 0 Å². The van der Waals surface area contributed by atoms with Crippen LogP contribution in [-0.4, -0.2) is 30.6 Å². The highest BCUT2D eigenvalue weighted by Gasteiger charge is 2.31. The topological polar surface area (TPSA) is 33.6 Å². The van der Waals surface area contributed by atoms with Crippen LogP contribution in [0.3, 0.4) is 0 Å². The second-order valence-corrected chi connectivity index (χ2v) is 7.28. The van der Waals surface area contributed by atoms with Crippen molar-refractivity contribution in [1.82, 2.24) is 5.32 Å². The number of nitrogens with one attached hydrogen (secondary N) is 1. The molecular weight excluding hydrogens is 332 g/mol. The van der Waals surface area contributed by atoms with E-state index >= 15 is 0 Å². The zero-order chi connectivity index (χ0) is 20.1. The Morgan fingerprint density at radius 1 is 1.22 bits per heavy atom. The lowest BCUT2D eigenvalue weighted by Gasteiger charge is -2.23. The molecule has 3 nitrogen and oxygen atoms in total. The molecule has 0 saturated heterocycles. The average molecular weight is 373 g/mol. The van der Waals surface area contributed by atoms with Crippen molar-refractivity contribution in [3.8, 4) is 0 Å². The number of ether oxygens (including phenoxy) is 1. The number of aliphatic imine (C=N–C) groups is 1. The molecule has 0 aromatic rings. The first-order chi connectivity index (χ1) is 13.1. The molecule has 1 saturated carbocycles. The highest BCUT2D eigenvalue weighted by molar-refractivity contribution is 5.86. The van der Waals surface area contributed by atoms with Crippen molar-refractivity contribution >= 4 is 5.84 Å². The number of amidine groups is 1. The number of nitrogens with zero attached hydrogens (tertiary/aromatic N) is 1. The van der Waals surface area contributed by atoms with E-state index in [9.17, 15) is 0 Å². The van der Waals surface area contributed by atoms with Crippen LogP contribution in [0.1, 0.15) is 73.1 Å². The summed E-state index contributed by atoms with van der Waals surface area (Å²) in [6, 6.07) is 0.448. The first-order valence-corrected chi connectivity index (χ1v) is 10.6. The molecule has 152 valence electrons. The minimum Gasteiger partial charge on any atom is -0.370 e. The summed E-state index contributed by atoms with van der Waals surface area (Å²) in [5, 5.41) is 3.61. The molecule has 0 radical (unpaired) electrons. The van der Waals surface area contributed by atoms with Crippen molar-refractivity contribution in [3.05, 3.63) is 48.1 Å². The summed E-state index contributed by atoms with van der Waals surface area (Å²) in [5.41, 5.74) is 2.72. The molecule has 27 heavy (non-hydrogen) atoms. The summed E-state index contributed by atoms with van der Waals surface area (Å²) in [5.74, 6) is 1.01. The molecule has 2 aliphatic rings. The number of rotatable bonds is 7. The van der Waals surface area contributed by atoms with Crippen LogP contribution >= 0.6 is 0 Å². The zero-order valence-corrected chi connectivity index (χ0v) is 18.1. The van der Waals surface area contributed by atoms with Crippen LogP contribution in [0.15, 0.2) is 53.1 Å². The molecule has 0 aromatic carbocycles. The summed E-state index contributed by atoms with van der Waals surface area (Å²) in [6.45, 7) is 14.4. The van der Waals surface area contributed by atoms with Crippen molar-refractivity contribution in [3.63, 3.8) is 0 Å². The van der Waals surface area contributed by atoms with Gasteiger partial charge in [0.25, 0.3) is 0 Å². The van der Waals surface area contributed by atoms with Gasteiger partial charge >= 0.3 is 0 Å². The molecule has 0 aromatic heterocycles. The Morgan fingerprint density at radius 3 is 2.44 bits per heavy atom. The molecule has 1 fully saturated rings. The molecule has 0 spiro atoms. The van der Waals surface area contributed by atoms with Crippen LogP contribution < -0.4 is 5.32 Å². The highest BCUT2D eigenvalue weighted by atomic mass is 16.5. The summed E-state index contributed by atoms with van der Waals surface area (Å²) in [7, 11) is 0. The monoisotopic (exact) mass is 372 g/mol. The third-order valence-electron chi connectivity index (χ3n) is 5.18. The summed E-state index contributed by atoms with van der Waals surface area (Å²) in [6.07, 6.45) is 18.2. The van der Waals surface area contributed by atoms with Crippen LogP contribution in [0.2, 0.25) is 0 Å². The van der Waals surface area contributed by atoms with Gasteiger partial charge in [0.2, 0.25) is 0 Å². The lowest BCUT2D eigenvalue weighted by molar-refractivity contribution is 0.0520. The molecule has 3 heteroatoms. The summed E-state index contributed by atoms with van der Waals surface area (Å²) in [4.78, 5) is 4.98. The molecule has 1 aliphatic heterocycles. The van der Waals surface area contributed by atoms with E-state index in [2.05, 4.69) is 63.9 Å². The molecule has 0 unspecified atom stereocenters. The van der Waals surface area contributed by atoms with Gasteiger partial charge in [-0.15, -0.1) is 6.58 Å². The molecule has 0 amide bonds. The Bertz CT molecular complexity index is 551. The molecule has 2 rings (SSSR count). The van der Waals surface area contributed by atoms with E-state index in [1.54, 1.807) is 6.08 Å². The Kier molecular flexibility index (Phi) is 11.8. The van der Waals surface area contributed by atoms with E-state index in [1.807, 2.05) is 6.92 Å². The van der Waals surface area contributed by atoms with Gasteiger partial charge in [-0.3, -0.25) is 4.99 Å². The normalized spacial score (nSPS) is 24.3. The number of hydrogen-bond donors (Lipinski definition) is 1. The van der Waals surface area contributed by atoms with Gasteiger partial charge in [-0.2, -0.15) is 0 Å². The Hall–Kier alpha value is -1.61. The maximum Gasteiger partial charge on any atom is 0.124 e. The SMILES string of the molecule is C/C=C\C=C(/CC)[C@H]1N=C(COC2CCCCC2)N[C@H]1/C(C)=C/C.C=CC. The maximum absolute atomic E-state index is 6.13. The van der Waals surface area contributed by atoms with Gasteiger partial charge in [-0.1, -0.05) is 62.1 Å². The number of hydrogen-bond acceptors (Lipinski definition) is 3. The largest absolute Gasteiger partial charge is 0.370 e. The van der Waals surface area contributed by atoms with Gasteiger partial charge in [0, 0.05) is 0 Å². The minimum absolute atomic E-state index is 0.187. The van der Waals surface area contributed by atoms with Gasteiger partial charge in [-0.05, 0) is 52.5 Å². The van der Waals surface area contributed by atoms with E-state index in [-0.39, 0.29) is 12.1 Å². The molecule has 1 aliphatic carbocycles. The predicted octanol–water partition coefficient (Wildman–Crippen LogP) is 6.15. The third kappa shape index (κ3) is 7.88. The van der Waals surface area contributed by atoms with Crippen molar-refractivity contribution in [2.45, 2.75) is 91.3 Å². The first-order valence-electron chi connectivity index (χ1n) is 10.6. The van der Waals surface area contributed by atoms with Crippen LogP contribution in [0.25, 0.3) is 0 Å². The van der Waals surface area contributed by atoms with Gasteiger partial charge in [-0.25, -0.2) is 0 Å². The fourth-order valence-electron chi connectivity index (χ4n) is 3.53. The molecule has 2 atom stereocenters. The van der Waals surface area contributed by atoms with Gasteiger partial charge in [0.15, 0.2) is 0 Å². The standard InChI is InChI=1S/C21H34N2O.C3H6/c1-5-8-12-17(7-3)21-20(16(4)6-2)22-19(23-21)15-24-18-13-10-9-11-14-18;1-3-2/h5-6,8,12,18,20-21H,7,9-11,13-15H2,1-4H3,(H,22,23);3H,1H2,2H3/b8-5-,16-6+,17-12+;/t20-,21+;/m0./s1. The van der Waals surface area contributed by atoms with Crippen LogP contribution in [-0.2, 0) is 4.74 Å². The lowest BCUT2D eigenvalue weighted by Crippen LogP contribution is -2.38. The van der Waals surface area contributed by atoms with E-state index in [0.717, 1.165) is 12.3 Å². The van der Waals surface area contributed by atoms with Crippen molar-refractivity contribution in [2.24, 2.45) is 4.99 Å². The maximum atomic E-state index is 6.13. The van der Waals surface area contributed by atoms with E-state index in [1.165, 1.54) is 43.3 Å². The van der Waals surface area contributed by atoms with Crippen molar-refractivity contribution in [1.29, 1.82) is 0 Å². The summed E-state index contributed by atoms with van der Waals surface area (Å²) < 4.78 is 6.13. The van der Waals surface area contributed by atoms with Gasteiger partial charge < -0.3 is 10.1 Å². The van der Waals surface area contributed by atoms with E-state index < -0.39 is 0 Å². The highest BCUT2D eigenvalue weighted by Crippen LogP contribution is 2.25. The quantitative estimate of drug-likeness (QED) is 0.430. The summed E-state index contributed by atoms with van der Waals surface area (Å²) >= 11 is 0. The second-order valence-electron chi connectivity index (χ2n) is 7.28. The molecule has 1 N–H and O–H groups in total. The lowest BCUT2D eigenvalue weighted by atomic mass is 9.93. The molecular formula is C24H40N2O. The van der Waals surface area contributed by atoms with E-state index in [0.29, 0.717) is 12.7 Å². The van der Waals surface area contributed by atoms with Gasteiger partial charge in [0.05, 0.1) is 18.2 Å². The Balaban J connectivity index is 0.00000114. The van der Waals surface area contributed by atoms with Crippen molar-refractivity contribution < 1.29 is 4.74 Å².